The van der Waals surface area contributed by atoms with Crippen molar-refractivity contribution in [3.05, 3.63) is 48.4 Å². The highest BCUT2D eigenvalue weighted by atomic mass is 35.5. The molecular formula is C12H11ClN2. The molecule has 3 heteroatoms. The minimum Gasteiger partial charge on any atom is -0.345 e. The van der Waals surface area contributed by atoms with Gasteiger partial charge in [-0.15, -0.1) is 11.6 Å². The molecule has 1 aromatic carbocycles. The maximum absolute atomic E-state index is 5.56. The Bertz CT molecular complexity index is 429. The second kappa shape index (κ2) is 4.80. The molecule has 15 heavy (non-hydrogen) atoms. The summed E-state index contributed by atoms with van der Waals surface area (Å²) in [5.74, 6) is 0.544. The third-order valence-electron chi connectivity index (χ3n) is 2.12. The molecule has 2 rings (SSSR count). The smallest absolute Gasteiger partial charge is 0.0924 e. The summed E-state index contributed by atoms with van der Waals surface area (Å²) in [5, 5.41) is 0. The number of nitrogens with one attached hydrogen (secondary N) is 1. The van der Waals surface area contributed by atoms with E-state index in [-0.39, 0.29) is 0 Å². The number of alkyl halides is 1. The molecule has 2 nitrogen and oxygen atoms in total. The first-order valence-electron chi connectivity index (χ1n) is 4.71. The molecule has 0 saturated carbocycles. The van der Waals surface area contributed by atoms with Crippen LogP contribution in [0.25, 0.3) is 17.3 Å². The van der Waals surface area contributed by atoms with Gasteiger partial charge in [-0.3, -0.25) is 0 Å². The van der Waals surface area contributed by atoms with Crippen molar-refractivity contribution in [3.8, 4) is 11.3 Å². The van der Waals surface area contributed by atoms with E-state index in [9.17, 15) is 0 Å². The largest absolute Gasteiger partial charge is 0.345 e. The Hall–Kier alpha value is -1.54. The number of allylic oxidation sites excluding steroid dienone is 1. The minimum atomic E-state index is 0.544. The minimum absolute atomic E-state index is 0.544. The molecule has 76 valence electrons. The fourth-order valence-electron chi connectivity index (χ4n) is 1.37. The topological polar surface area (TPSA) is 28.7 Å². The van der Waals surface area contributed by atoms with Crippen LogP contribution < -0.4 is 0 Å². The van der Waals surface area contributed by atoms with Crippen LogP contribution in [0.2, 0.25) is 0 Å². The van der Waals surface area contributed by atoms with Crippen molar-refractivity contribution in [2.45, 2.75) is 0 Å². The Morgan fingerprint density at radius 3 is 2.67 bits per heavy atom. The van der Waals surface area contributed by atoms with Crippen LogP contribution in [0.5, 0.6) is 0 Å². The lowest BCUT2D eigenvalue weighted by Crippen LogP contribution is -1.77. The van der Waals surface area contributed by atoms with E-state index in [1.54, 1.807) is 6.33 Å². The van der Waals surface area contributed by atoms with Crippen molar-refractivity contribution in [3.63, 3.8) is 0 Å². The summed E-state index contributed by atoms with van der Waals surface area (Å²) in [6.45, 7) is 0. The zero-order valence-corrected chi connectivity index (χ0v) is 8.91. The maximum Gasteiger partial charge on any atom is 0.0924 e. The second-order valence-electron chi connectivity index (χ2n) is 3.14. The molecule has 0 aliphatic carbocycles. The number of nitrogens with zero attached hydrogens (tertiary/aromatic N) is 1. The van der Waals surface area contributed by atoms with E-state index in [1.165, 1.54) is 0 Å². The van der Waals surface area contributed by atoms with Gasteiger partial charge in [-0.25, -0.2) is 4.98 Å². The molecule has 0 atom stereocenters. The predicted molar refractivity (Wildman–Crippen MR) is 63.8 cm³/mol. The Morgan fingerprint density at radius 2 is 2.07 bits per heavy atom. The molecule has 0 amide bonds. The summed E-state index contributed by atoms with van der Waals surface area (Å²) in [6.07, 6.45) is 7.41. The SMILES string of the molecule is ClCC=Cc1ccc(-c2cnc[nH]2)cc1. The zero-order valence-electron chi connectivity index (χ0n) is 8.15. The lowest BCUT2D eigenvalue weighted by atomic mass is 10.1. The molecule has 0 aliphatic rings. The van der Waals surface area contributed by atoms with Crippen LogP contribution in [0.1, 0.15) is 5.56 Å². The van der Waals surface area contributed by atoms with Crippen molar-refractivity contribution >= 4 is 17.7 Å². The van der Waals surface area contributed by atoms with Gasteiger partial charge in [-0.2, -0.15) is 0 Å². The van der Waals surface area contributed by atoms with Gasteiger partial charge in [0, 0.05) is 5.88 Å². The lowest BCUT2D eigenvalue weighted by Gasteiger charge is -1.98. The maximum atomic E-state index is 5.56. The third kappa shape index (κ3) is 2.48. The fraction of sp³-hybridized carbons (Fsp3) is 0.0833. The molecule has 0 spiro atoms. The highest BCUT2D eigenvalue weighted by molar-refractivity contribution is 6.19. The van der Waals surface area contributed by atoms with Gasteiger partial charge in [0.25, 0.3) is 0 Å². The lowest BCUT2D eigenvalue weighted by molar-refractivity contribution is 1.31. The number of hydrogen-bond acceptors (Lipinski definition) is 1. The number of aromatic amines is 1. The molecule has 0 saturated heterocycles. The molecule has 0 unspecified atom stereocenters. The van der Waals surface area contributed by atoms with E-state index in [2.05, 4.69) is 34.2 Å². The van der Waals surface area contributed by atoms with Crippen molar-refractivity contribution in [1.29, 1.82) is 0 Å². The Morgan fingerprint density at radius 1 is 1.27 bits per heavy atom. The number of benzene rings is 1. The van der Waals surface area contributed by atoms with Crippen molar-refractivity contribution < 1.29 is 0 Å². The first kappa shape index (κ1) is 9.99. The van der Waals surface area contributed by atoms with E-state index >= 15 is 0 Å². The van der Waals surface area contributed by atoms with Gasteiger partial charge < -0.3 is 4.98 Å². The Balaban J connectivity index is 2.21. The van der Waals surface area contributed by atoms with Crippen LogP contribution >= 0.6 is 11.6 Å². The molecule has 1 heterocycles. The second-order valence-corrected chi connectivity index (χ2v) is 3.45. The van der Waals surface area contributed by atoms with Gasteiger partial charge in [0.2, 0.25) is 0 Å². The van der Waals surface area contributed by atoms with Crippen molar-refractivity contribution in [1.82, 2.24) is 9.97 Å². The molecule has 0 fully saturated rings. The number of halogens is 1. The van der Waals surface area contributed by atoms with E-state index in [4.69, 9.17) is 11.6 Å². The number of H-pyrrole nitrogens is 1. The average Bonchev–Trinajstić information content (AvgIpc) is 2.80. The number of rotatable bonds is 3. The fourth-order valence-corrected chi connectivity index (χ4v) is 1.46. The Labute approximate surface area is 93.6 Å². The van der Waals surface area contributed by atoms with Gasteiger partial charge in [-0.05, 0) is 11.1 Å². The molecule has 0 bridgehead atoms. The first-order chi connectivity index (χ1) is 7.40. The molecule has 1 N–H and O–H groups in total. The first-order valence-corrected chi connectivity index (χ1v) is 5.25. The van der Waals surface area contributed by atoms with Gasteiger partial charge >= 0.3 is 0 Å². The summed E-state index contributed by atoms with van der Waals surface area (Å²) < 4.78 is 0. The molecule has 2 aromatic rings. The van der Waals surface area contributed by atoms with Crippen molar-refractivity contribution in [2.24, 2.45) is 0 Å². The molecular weight excluding hydrogens is 208 g/mol. The van der Waals surface area contributed by atoms with E-state index in [0.29, 0.717) is 5.88 Å². The van der Waals surface area contributed by atoms with Crippen LogP contribution in [-0.4, -0.2) is 15.8 Å². The van der Waals surface area contributed by atoms with Gasteiger partial charge in [0.05, 0.1) is 18.2 Å². The van der Waals surface area contributed by atoms with Crippen LogP contribution in [0.15, 0.2) is 42.9 Å². The van der Waals surface area contributed by atoms with Gasteiger partial charge in [0.1, 0.15) is 0 Å². The molecule has 0 aliphatic heterocycles. The Kier molecular flexibility index (Phi) is 3.20. The van der Waals surface area contributed by atoms with Crippen LogP contribution in [0, 0.1) is 0 Å². The van der Waals surface area contributed by atoms with Gasteiger partial charge in [-0.1, -0.05) is 36.4 Å². The van der Waals surface area contributed by atoms with Crippen LogP contribution in [0.3, 0.4) is 0 Å². The number of imidazole rings is 1. The zero-order chi connectivity index (χ0) is 10.5. The summed E-state index contributed by atoms with van der Waals surface area (Å²) in [7, 11) is 0. The quantitative estimate of drug-likeness (QED) is 0.787. The average molecular weight is 219 g/mol. The van der Waals surface area contributed by atoms with E-state index < -0.39 is 0 Å². The van der Waals surface area contributed by atoms with Crippen LogP contribution in [0.4, 0.5) is 0 Å². The van der Waals surface area contributed by atoms with Gasteiger partial charge in [0.15, 0.2) is 0 Å². The van der Waals surface area contributed by atoms with E-state index in [0.717, 1.165) is 16.8 Å². The monoisotopic (exact) mass is 218 g/mol. The van der Waals surface area contributed by atoms with E-state index in [1.807, 2.05) is 18.3 Å². The highest BCUT2D eigenvalue weighted by Crippen LogP contribution is 2.16. The number of aromatic nitrogens is 2. The summed E-state index contributed by atoms with van der Waals surface area (Å²) in [4.78, 5) is 7.05. The summed E-state index contributed by atoms with van der Waals surface area (Å²) in [6, 6.07) is 8.22. The number of hydrogen-bond donors (Lipinski definition) is 1. The van der Waals surface area contributed by atoms with Crippen LogP contribution in [-0.2, 0) is 0 Å². The molecule has 1 aromatic heterocycles. The standard InChI is InChI=1S/C12H11ClN2/c13-7-1-2-10-3-5-11(6-4-10)12-8-14-9-15-12/h1-6,8-9H,7H2,(H,14,15). The predicted octanol–water partition coefficient (Wildman–Crippen LogP) is 3.33. The molecule has 0 radical (unpaired) electrons. The third-order valence-corrected chi connectivity index (χ3v) is 2.30. The highest BCUT2D eigenvalue weighted by Gasteiger charge is 1.96. The normalized spacial score (nSPS) is 11.0. The van der Waals surface area contributed by atoms with Crippen molar-refractivity contribution in [2.75, 3.05) is 5.88 Å². The summed E-state index contributed by atoms with van der Waals surface area (Å²) >= 11 is 5.56. The summed E-state index contributed by atoms with van der Waals surface area (Å²) in [5.41, 5.74) is 3.32.